The Bertz CT molecular complexity index is 669. The molecule has 27 heavy (non-hydrogen) atoms. The van der Waals surface area contributed by atoms with Gasteiger partial charge in [-0.05, 0) is 38.3 Å². The molecule has 3 heterocycles. The van der Waals surface area contributed by atoms with E-state index in [0.717, 1.165) is 55.7 Å². The molecule has 2 aromatic rings. The molecule has 1 atom stereocenters. The van der Waals surface area contributed by atoms with Gasteiger partial charge in [-0.15, -0.1) is 35.3 Å². The number of furan rings is 1. The van der Waals surface area contributed by atoms with Gasteiger partial charge in [-0.2, -0.15) is 0 Å². The SMILES string of the molecule is Cc1cnc(CCNC(=NCC2CCCCO2)NCCc2ccco2)s1.I. The minimum atomic E-state index is 0. The van der Waals surface area contributed by atoms with Crippen molar-refractivity contribution in [1.82, 2.24) is 15.6 Å². The zero-order valence-electron chi connectivity index (χ0n) is 15.8. The Hall–Kier alpha value is -1.13. The number of nitrogens with one attached hydrogen (secondary N) is 2. The maximum Gasteiger partial charge on any atom is 0.191 e. The minimum absolute atomic E-state index is 0. The number of hydrogen-bond acceptors (Lipinski definition) is 5. The van der Waals surface area contributed by atoms with Gasteiger partial charge < -0.3 is 19.8 Å². The van der Waals surface area contributed by atoms with E-state index in [4.69, 9.17) is 14.1 Å². The summed E-state index contributed by atoms with van der Waals surface area (Å²) < 4.78 is 11.2. The molecule has 8 heteroatoms. The fraction of sp³-hybridized carbons (Fsp3) is 0.579. The van der Waals surface area contributed by atoms with Gasteiger partial charge in [0.25, 0.3) is 0 Å². The van der Waals surface area contributed by atoms with Crippen molar-refractivity contribution >= 4 is 41.3 Å². The maximum absolute atomic E-state index is 5.78. The fourth-order valence-electron chi connectivity index (χ4n) is 2.88. The second-order valence-electron chi connectivity index (χ2n) is 6.48. The highest BCUT2D eigenvalue weighted by Crippen LogP contribution is 2.13. The van der Waals surface area contributed by atoms with Gasteiger partial charge in [0, 0.05) is 43.6 Å². The minimum Gasteiger partial charge on any atom is -0.469 e. The summed E-state index contributed by atoms with van der Waals surface area (Å²) in [5.41, 5.74) is 0. The third kappa shape index (κ3) is 8.18. The number of aryl methyl sites for hydroxylation is 1. The Labute approximate surface area is 182 Å². The molecule has 1 unspecified atom stereocenters. The standard InChI is InChI=1S/C19H28N4O2S.HI/c1-15-13-22-18(26-15)8-10-21-19(20-9-7-16-6-4-12-24-16)23-14-17-5-2-3-11-25-17;/h4,6,12-13,17H,2-3,5,7-11,14H2,1H3,(H2,20,21,23);1H. The summed E-state index contributed by atoms with van der Waals surface area (Å²) in [6, 6.07) is 3.91. The normalized spacial score (nSPS) is 17.4. The molecule has 0 radical (unpaired) electrons. The van der Waals surface area contributed by atoms with Gasteiger partial charge >= 0.3 is 0 Å². The average Bonchev–Trinajstić information content (AvgIpc) is 3.32. The van der Waals surface area contributed by atoms with Gasteiger partial charge in [0.15, 0.2) is 5.96 Å². The first-order valence-electron chi connectivity index (χ1n) is 9.37. The first-order valence-corrected chi connectivity index (χ1v) is 10.2. The van der Waals surface area contributed by atoms with Crippen molar-refractivity contribution in [2.24, 2.45) is 4.99 Å². The number of thiazole rings is 1. The van der Waals surface area contributed by atoms with E-state index in [9.17, 15) is 0 Å². The molecule has 0 saturated carbocycles. The van der Waals surface area contributed by atoms with Crippen LogP contribution in [0.2, 0.25) is 0 Å². The van der Waals surface area contributed by atoms with Crippen LogP contribution in [0.1, 0.15) is 34.9 Å². The number of ether oxygens (including phenoxy) is 1. The number of guanidine groups is 1. The van der Waals surface area contributed by atoms with E-state index < -0.39 is 0 Å². The highest BCUT2D eigenvalue weighted by Gasteiger charge is 2.13. The molecule has 0 aromatic carbocycles. The Kier molecular flexibility index (Phi) is 10.1. The lowest BCUT2D eigenvalue weighted by Crippen LogP contribution is -2.40. The predicted molar refractivity (Wildman–Crippen MR) is 120 cm³/mol. The third-order valence-electron chi connectivity index (χ3n) is 4.27. The Balaban J connectivity index is 0.00000261. The summed E-state index contributed by atoms with van der Waals surface area (Å²) in [5.74, 6) is 1.81. The predicted octanol–water partition coefficient (Wildman–Crippen LogP) is 3.55. The van der Waals surface area contributed by atoms with Crippen LogP contribution in [0.4, 0.5) is 0 Å². The van der Waals surface area contributed by atoms with Gasteiger partial charge in [-0.3, -0.25) is 4.99 Å². The van der Waals surface area contributed by atoms with E-state index in [1.807, 2.05) is 18.3 Å². The van der Waals surface area contributed by atoms with Crippen LogP contribution >= 0.6 is 35.3 Å². The number of aliphatic imine (C=N–C) groups is 1. The highest BCUT2D eigenvalue weighted by molar-refractivity contribution is 14.0. The lowest BCUT2D eigenvalue weighted by atomic mass is 10.1. The molecular weight excluding hydrogens is 475 g/mol. The molecule has 150 valence electrons. The summed E-state index contributed by atoms with van der Waals surface area (Å²) in [7, 11) is 0. The van der Waals surface area contributed by atoms with Gasteiger partial charge in [-0.1, -0.05) is 0 Å². The van der Waals surface area contributed by atoms with Gasteiger partial charge in [0.2, 0.25) is 0 Å². The maximum atomic E-state index is 5.78. The number of hydrogen-bond donors (Lipinski definition) is 2. The summed E-state index contributed by atoms with van der Waals surface area (Å²) in [5, 5.41) is 7.97. The lowest BCUT2D eigenvalue weighted by molar-refractivity contribution is 0.0224. The molecule has 0 amide bonds. The van der Waals surface area contributed by atoms with Crippen molar-refractivity contribution in [1.29, 1.82) is 0 Å². The van der Waals surface area contributed by atoms with Gasteiger partial charge in [0.05, 0.1) is 23.9 Å². The second-order valence-corrected chi connectivity index (χ2v) is 7.79. The molecule has 0 aliphatic carbocycles. The van der Waals surface area contributed by atoms with Crippen LogP contribution in [0, 0.1) is 6.92 Å². The van der Waals surface area contributed by atoms with Crippen LogP contribution in [0.25, 0.3) is 0 Å². The first kappa shape index (κ1) is 22.2. The topological polar surface area (TPSA) is 71.7 Å². The molecule has 1 aliphatic heterocycles. The van der Waals surface area contributed by atoms with Crippen molar-refractivity contribution < 1.29 is 9.15 Å². The molecule has 0 spiro atoms. The summed E-state index contributed by atoms with van der Waals surface area (Å²) >= 11 is 1.75. The molecule has 2 aromatic heterocycles. The quantitative estimate of drug-likeness (QED) is 0.327. The fourth-order valence-corrected chi connectivity index (χ4v) is 3.67. The zero-order chi connectivity index (χ0) is 18.0. The van der Waals surface area contributed by atoms with Crippen LogP contribution in [0.3, 0.4) is 0 Å². The monoisotopic (exact) mass is 504 g/mol. The van der Waals surface area contributed by atoms with Crippen LogP contribution < -0.4 is 10.6 Å². The first-order chi connectivity index (χ1) is 12.8. The average molecular weight is 504 g/mol. The van der Waals surface area contributed by atoms with Crippen molar-refractivity contribution in [3.05, 3.63) is 40.2 Å². The Morgan fingerprint density at radius 2 is 2.15 bits per heavy atom. The molecule has 2 N–H and O–H groups in total. The number of nitrogens with zero attached hydrogens (tertiary/aromatic N) is 2. The number of rotatable bonds is 8. The van der Waals surface area contributed by atoms with Crippen LogP contribution in [-0.4, -0.2) is 43.3 Å². The van der Waals surface area contributed by atoms with Crippen LogP contribution in [0.15, 0.2) is 34.0 Å². The molecule has 3 rings (SSSR count). The van der Waals surface area contributed by atoms with Gasteiger partial charge in [-0.25, -0.2) is 4.98 Å². The largest absolute Gasteiger partial charge is 0.469 e. The van der Waals surface area contributed by atoms with E-state index in [0.29, 0.717) is 6.54 Å². The summed E-state index contributed by atoms with van der Waals surface area (Å²) in [6.45, 7) is 5.23. The molecule has 1 saturated heterocycles. The molecular formula is C19H29IN4O2S. The van der Waals surface area contributed by atoms with Crippen molar-refractivity contribution in [2.45, 2.75) is 45.1 Å². The van der Waals surface area contributed by atoms with Crippen LogP contribution in [-0.2, 0) is 17.6 Å². The van der Waals surface area contributed by atoms with Crippen molar-refractivity contribution in [3.8, 4) is 0 Å². The van der Waals surface area contributed by atoms with E-state index in [2.05, 4.69) is 22.5 Å². The van der Waals surface area contributed by atoms with Gasteiger partial charge in [0.1, 0.15) is 5.76 Å². The van der Waals surface area contributed by atoms with Crippen LogP contribution in [0.5, 0.6) is 0 Å². The molecule has 1 fully saturated rings. The zero-order valence-corrected chi connectivity index (χ0v) is 18.9. The molecule has 6 nitrogen and oxygen atoms in total. The number of halogens is 1. The van der Waals surface area contributed by atoms with E-state index >= 15 is 0 Å². The van der Waals surface area contributed by atoms with E-state index in [1.165, 1.54) is 17.7 Å². The highest BCUT2D eigenvalue weighted by atomic mass is 127. The smallest absolute Gasteiger partial charge is 0.191 e. The Morgan fingerprint density at radius 1 is 1.30 bits per heavy atom. The Morgan fingerprint density at radius 3 is 2.81 bits per heavy atom. The summed E-state index contributed by atoms with van der Waals surface area (Å²) in [4.78, 5) is 10.4. The van der Waals surface area contributed by atoms with E-state index in [1.54, 1.807) is 17.6 Å². The second kappa shape index (κ2) is 12.4. The lowest BCUT2D eigenvalue weighted by Gasteiger charge is -2.21. The summed E-state index contributed by atoms with van der Waals surface area (Å²) in [6.07, 6.45) is 9.11. The number of aromatic nitrogens is 1. The van der Waals surface area contributed by atoms with Crippen molar-refractivity contribution in [3.63, 3.8) is 0 Å². The van der Waals surface area contributed by atoms with Crippen molar-refractivity contribution in [2.75, 3.05) is 26.2 Å². The molecule has 1 aliphatic rings. The van der Waals surface area contributed by atoms with E-state index in [-0.39, 0.29) is 30.1 Å². The molecule has 0 bridgehead atoms. The third-order valence-corrected chi connectivity index (χ3v) is 5.24.